The summed E-state index contributed by atoms with van der Waals surface area (Å²) < 4.78 is 7.54. The number of rotatable bonds is 5. The van der Waals surface area contributed by atoms with Gasteiger partial charge >= 0.3 is 0 Å². The molecule has 1 aliphatic heterocycles. The van der Waals surface area contributed by atoms with Gasteiger partial charge in [-0.15, -0.1) is 11.3 Å². The third-order valence-electron chi connectivity index (χ3n) is 5.04. The topological polar surface area (TPSA) is 63.2 Å². The molecule has 3 aromatic rings. The van der Waals surface area contributed by atoms with Crippen molar-refractivity contribution in [2.45, 2.75) is 39.3 Å². The van der Waals surface area contributed by atoms with Crippen LogP contribution in [0.4, 0.5) is 0 Å². The second-order valence-corrected chi connectivity index (χ2v) is 8.95. The van der Waals surface area contributed by atoms with Gasteiger partial charge in [-0.05, 0) is 56.1 Å². The zero-order valence-corrected chi connectivity index (χ0v) is 18.1. The number of hydrogen-bond donors (Lipinski definition) is 2. The molecule has 1 amide bonds. The number of carbonyl (C=O) groups excluding carboxylic acids is 1. The van der Waals surface area contributed by atoms with Crippen LogP contribution in [0.5, 0.6) is 5.75 Å². The SMILES string of the molecule is CC(=O)NCc1cc2nccc(-c3cc(Cl)cc(C)c3OC3CCCNC3)c2s1. The third-order valence-corrected chi connectivity index (χ3v) is 6.42. The molecule has 2 aromatic heterocycles. The number of nitrogens with one attached hydrogen (secondary N) is 2. The molecule has 1 saturated heterocycles. The molecule has 1 atom stereocenters. The summed E-state index contributed by atoms with van der Waals surface area (Å²) >= 11 is 8.07. The highest BCUT2D eigenvalue weighted by molar-refractivity contribution is 7.19. The summed E-state index contributed by atoms with van der Waals surface area (Å²) in [7, 11) is 0. The lowest BCUT2D eigenvalue weighted by molar-refractivity contribution is -0.119. The molecular weight excluding hydrogens is 406 g/mol. The monoisotopic (exact) mass is 429 g/mol. The predicted molar refractivity (Wildman–Crippen MR) is 119 cm³/mol. The molecule has 1 aromatic carbocycles. The third kappa shape index (κ3) is 4.55. The first-order valence-electron chi connectivity index (χ1n) is 9.81. The van der Waals surface area contributed by atoms with Gasteiger partial charge in [0, 0.05) is 40.7 Å². The Kier molecular flexibility index (Phi) is 6.04. The summed E-state index contributed by atoms with van der Waals surface area (Å²) in [6.45, 7) is 5.96. The van der Waals surface area contributed by atoms with Crippen molar-refractivity contribution < 1.29 is 9.53 Å². The summed E-state index contributed by atoms with van der Waals surface area (Å²) in [6, 6.07) is 7.97. The number of hydrogen-bond acceptors (Lipinski definition) is 5. The maximum absolute atomic E-state index is 11.3. The number of benzene rings is 1. The van der Waals surface area contributed by atoms with Crippen molar-refractivity contribution in [3.05, 3.63) is 45.9 Å². The van der Waals surface area contributed by atoms with Gasteiger partial charge in [0.15, 0.2) is 0 Å². The number of ether oxygens (including phenoxy) is 1. The highest BCUT2D eigenvalue weighted by Gasteiger charge is 2.20. The van der Waals surface area contributed by atoms with Gasteiger partial charge in [0.25, 0.3) is 0 Å². The fourth-order valence-electron chi connectivity index (χ4n) is 3.67. The second kappa shape index (κ2) is 8.69. The largest absolute Gasteiger partial charge is 0.488 e. The molecule has 1 fully saturated rings. The fraction of sp³-hybridized carbons (Fsp3) is 0.364. The molecule has 3 heterocycles. The van der Waals surface area contributed by atoms with Crippen molar-refractivity contribution in [2.24, 2.45) is 0 Å². The predicted octanol–water partition coefficient (Wildman–Crippen LogP) is 4.69. The van der Waals surface area contributed by atoms with Crippen molar-refractivity contribution in [3.63, 3.8) is 0 Å². The Hall–Kier alpha value is -2.15. The number of halogens is 1. The van der Waals surface area contributed by atoms with Crippen molar-refractivity contribution in [3.8, 4) is 16.9 Å². The number of amides is 1. The second-order valence-electron chi connectivity index (χ2n) is 7.38. The molecule has 152 valence electrons. The van der Waals surface area contributed by atoms with E-state index in [0.29, 0.717) is 11.6 Å². The zero-order valence-electron chi connectivity index (χ0n) is 16.5. The molecule has 29 heavy (non-hydrogen) atoms. The normalized spacial score (nSPS) is 16.7. The molecule has 1 unspecified atom stereocenters. The van der Waals surface area contributed by atoms with Gasteiger partial charge in [0.05, 0.1) is 16.8 Å². The number of piperidine rings is 1. The molecule has 2 N–H and O–H groups in total. The highest BCUT2D eigenvalue weighted by Crippen LogP contribution is 2.41. The Labute approximate surface area is 179 Å². The fourth-order valence-corrected chi connectivity index (χ4v) is 5.03. The van der Waals surface area contributed by atoms with E-state index in [1.54, 1.807) is 11.3 Å². The van der Waals surface area contributed by atoms with E-state index in [-0.39, 0.29) is 12.0 Å². The van der Waals surface area contributed by atoms with Crippen LogP contribution in [0.15, 0.2) is 30.5 Å². The molecule has 5 nitrogen and oxygen atoms in total. The summed E-state index contributed by atoms with van der Waals surface area (Å²) in [6.07, 6.45) is 4.12. The van der Waals surface area contributed by atoms with Gasteiger partial charge < -0.3 is 15.4 Å². The Morgan fingerprint density at radius 3 is 3.00 bits per heavy atom. The maximum atomic E-state index is 11.3. The van der Waals surface area contributed by atoms with E-state index in [0.717, 1.165) is 63.5 Å². The summed E-state index contributed by atoms with van der Waals surface area (Å²) in [5, 5.41) is 6.95. The Morgan fingerprint density at radius 1 is 1.38 bits per heavy atom. The van der Waals surface area contributed by atoms with Gasteiger partial charge in [0.1, 0.15) is 11.9 Å². The summed E-state index contributed by atoms with van der Waals surface area (Å²) in [5.74, 6) is 0.838. The van der Waals surface area contributed by atoms with Crippen LogP contribution in [0.25, 0.3) is 21.3 Å². The van der Waals surface area contributed by atoms with Gasteiger partial charge in [0.2, 0.25) is 5.91 Å². The summed E-state index contributed by atoms with van der Waals surface area (Å²) in [5.41, 5.74) is 3.98. The average Bonchev–Trinajstić information content (AvgIpc) is 3.12. The van der Waals surface area contributed by atoms with Gasteiger partial charge in [-0.25, -0.2) is 0 Å². The number of carbonyl (C=O) groups is 1. The minimum Gasteiger partial charge on any atom is -0.488 e. The summed E-state index contributed by atoms with van der Waals surface area (Å²) in [4.78, 5) is 16.9. The van der Waals surface area contributed by atoms with E-state index < -0.39 is 0 Å². The highest BCUT2D eigenvalue weighted by atomic mass is 35.5. The molecule has 1 aliphatic rings. The minimum absolute atomic E-state index is 0.0436. The lowest BCUT2D eigenvalue weighted by atomic mass is 10.0. The lowest BCUT2D eigenvalue weighted by Crippen LogP contribution is -2.37. The van der Waals surface area contributed by atoms with Crippen LogP contribution in [0.2, 0.25) is 5.02 Å². The zero-order chi connectivity index (χ0) is 20.4. The van der Waals surface area contributed by atoms with E-state index in [1.165, 1.54) is 6.92 Å². The van der Waals surface area contributed by atoms with Crippen LogP contribution < -0.4 is 15.4 Å². The van der Waals surface area contributed by atoms with E-state index in [4.69, 9.17) is 16.3 Å². The van der Waals surface area contributed by atoms with Crippen LogP contribution in [0, 0.1) is 6.92 Å². The maximum Gasteiger partial charge on any atom is 0.217 e. The first-order valence-corrected chi connectivity index (χ1v) is 11.0. The van der Waals surface area contributed by atoms with Crippen LogP contribution in [-0.4, -0.2) is 30.1 Å². The quantitative estimate of drug-likeness (QED) is 0.617. The lowest BCUT2D eigenvalue weighted by Gasteiger charge is -2.26. The Bertz CT molecular complexity index is 1040. The van der Waals surface area contributed by atoms with Crippen LogP contribution >= 0.6 is 22.9 Å². The number of fused-ring (bicyclic) bond motifs is 1. The van der Waals surface area contributed by atoms with E-state index in [2.05, 4.69) is 15.6 Å². The van der Waals surface area contributed by atoms with Crippen molar-refractivity contribution in [1.29, 1.82) is 0 Å². The van der Waals surface area contributed by atoms with E-state index >= 15 is 0 Å². The average molecular weight is 430 g/mol. The molecule has 0 saturated carbocycles. The Balaban J connectivity index is 1.77. The number of aryl methyl sites for hydroxylation is 1. The molecule has 0 bridgehead atoms. The standard InChI is InChI=1S/C22H24ClN3O2S/c1-13-8-15(23)9-19(21(13)28-16-4-3-6-24-11-16)18-5-7-25-20-10-17(29-22(18)20)12-26-14(2)27/h5,7-10,16,24H,3-4,6,11-12H2,1-2H3,(H,26,27). The van der Waals surface area contributed by atoms with Crippen molar-refractivity contribution >= 4 is 39.1 Å². The minimum atomic E-state index is -0.0436. The number of thiophene rings is 1. The smallest absolute Gasteiger partial charge is 0.217 e. The molecule has 0 aliphatic carbocycles. The molecule has 7 heteroatoms. The number of pyridine rings is 1. The van der Waals surface area contributed by atoms with E-state index in [1.807, 2.05) is 37.4 Å². The number of nitrogens with zero attached hydrogens (tertiary/aromatic N) is 1. The molecular formula is C22H24ClN3O2S. The van der Waals surface area contributed by atoms with Crippen LogP contribution in [0.3, 0.4) is 0 Å². The molecule has 4 rings (SSSR count). The van der Waals surface area contributed by atoms with Crippen molar-refractivity contribution in [1.82, 2.24) is 15.6 Å². The Morgan fingerprint density at radius 2 is 2.24 bits per heavy atom. The molecule has 0 spiro atoms. The van der Waals surface area contributed by atoms with E-state index in [9.17, 15) is 4.79 Å². The number of aromatic nitrogens is 1. The van der Waals surface area contributed by atoms with Crippen molar-refractivity contribution in [2.75, 3.05) is 13.1 Å². The molecule has 0 radical (unpaired) electrons. The van der Waals surface area contributed by atoms with Gasteiger partial charge in [-0.3, -0.25) is 9.78 Å². The van der Waals surface area contributed by atoms with Gasteiger partial charge in [-0.1, -0.05) is 11.6 Å². The van der Waals surface area contributed by atoms with Gasteiger partial charge in [-0.2, -0.15) is 0 Å². The first kappa shape index (κ1) is 20.1. The van der Waals surface area contributed by atoms with Crippen LogP contribution in [-0.2, 0) is 11.3 Å². The van der Waals surface area contributed by atoms with Crippen LogP contribution in [0.1, 0.15) is 30.2 Å². The first-order chi connectivity index (χ1) is 14.0.